The average Bonchev–Trinajstić information content (AvgIpc) is 2.13. The van der Waals surface area contributed by atoms with Crippen LogP contribution < -0.4 is 0 Å². The number of amides is 2. The Morgan fingerprint density at radius 2 is 1.44 bits per heavy atom. The van der Waals surface area contributed by atoms with E-state index in [9.17, 15) is 27.0 Å². The summed E-state index contributed by atoms with van der Waals surface area (Å²) in [5.74, 6) is -2.03. The SMILES string of the molecule is O=C1CCCCCC(=O)N1S(=O)C(F)(F)F. The Hall–Kier alpha value is -0.920. The molecule has 0 bridgehead atoms. The Morgan fingerprint density at radius 1 is 1.00 bits per heavy atom. The predicted molar refractivity (Wildman–Crippen MR) is 49.1 cm³/mol. The largest absolute Gasteiger partial charge is 0.491 e. The molecule has 92 valence electrons. The van der Waals surface area contributed by atoms with Gasteiger partial charge < -0.3 is 0 Å². The van der Waals surface area contributed by atoms with E-state index < -0.39 is 28.3 Å². The molecule has 1 aliphatic heterocycles. The summed E-state index contributed by atoms with van der Waals surface area (Å²) in [4.78, 5) is 22.6. The van der Waals surface area contributed by atoms with Crippen molar-refractivity contribution in [1.29, 1.82) is 0 Å². The molecule has 0 saturated carbocycles. The second kappa shape index (κ2) is 4.94. The highest BCUT2D eigenvalue weighted by molar-refractivity contribution is 7.84. The number of alkyl halides is 3. The summed E-state index contributed by atoms with van der Waals surface area (Å²) in [7, 11) is -3.57. The van der Waals surface area contributed by atoms with Crippen LogP contribution in [0.1, 0.15) is 32.1 Å². The molecule has 8 heteroatoms. The van der Waals surface area contributed by atoms with Gasteiger partial charge in [-0.05, 0) is 12.8 Å². The summed E-state index contributed by atoms with van der Waals surface area (Å²) in [6, 6.07) is 0. The van der Waals surface area contributed by atoms with Crippen LogP contribution in [0, 0.1) is 0 Å². The lowest BCUT2D eigenvalue weighted by Gasteiger charge is -2.22. The number of carbonyl (C=O) groups excluding carboxylic acids is 2. The minimum Gasteiger partial charge on any atom is -0.273 e. The molecule has 1 aliphatic rings. The van der Waals surface area contributed by atoms with Gasteiger partial charge in [0.1, 0.15) is 0 Å². The van der Waals surface area contributed by atoms with Crippen molar-refractivity contribution in [3.05, 3.63) is 0 Å². The molecule has 1 fully saturated rings. The first kappa shape index (κ1) is 13.1. The lowest BCUT2D eigenvalue weighted by atomic mass is 10.1. The van der Waals surface area contributed by atoms with Gasteiger partial charge in [0.05, 0.1) is 0 Å². The van der Waals surface area contributed by atoms with E-state index in [0.29, 0.717) is 19.3 Å². The van der Waals surface area contributed by atoms with Gasteiger partial charge in [-0.2, -0.15) is 17.5 Å². The maximum absolute atomic E-state index is 12.2. The minimum absolute atomic E-state index is 0.154. The summed E-state index contributed by atoms with van der Waals surface area (Å²) in [6.45, 7) is 0. The van der Waals surface area contributed by atoms with Crippen LogP contribution in [0.2, 0.25) is 0 Å². The molecule has 16 heavy (non-hydrogen) atoms. The van der Waals surface area contributed by atoms with Crippen LogP contribution >= 0.6 is 0 Å². The zero-order chi connectivity index (χ0) is 12.3. The summed E-state index contributed by atoms with van der Waals surface area (Å²) in [6.07, 6.45) is 1.10. The average molecular weight is 257 g/mol. The van der Waals surface area contributed by atoms with Gasteiger partial charge in [-0.1, -0.05) is 6.42 Å². The van der Waals surface area contributed by atoms with E-state index >= 15 is 0 Å². The molecule has 0 aromatic heterocycles. The van der Waals surface area contributed by atoms with Crippen molar-refractivity contribution in [2.45, 2.75) is 37.6 Å². The van der Waals surface area contributed by atoms with E-state index in [1.165, 1.54) is 0 Å². The van der Waals surface area contributed by atoms with Crippen molar-refractivity contribution >= 4 is 22.8 Å². The molecule has 0 radical (unpaired) electrons. The highest BCUT2D eigenvalue weighted by atomic mass is 32.2. The van der Waals surface area contributed by atoms with Gasteiger partial charge in [0.25, 0.3) is 0 Å². The normalized spacial score (nSPS) is 21.6. The van der Waals surface area contributed by atoms with Crippen molar-refractivity contribution in [2.24, 2.45) is 0 Å². The number of halogens is 3. The van der Waals surface area contributed by atoms with E-state index in [0.717, 1.165) is 0 Å². The lowest BCUT2D eigenvalue weighted by Crippen LogP contribution is -2.44. The van der Waals surface area contributed by atoms with Crippen LogP contribution in [0.4, 0.5) is 13.2 Å². The molecule has 0 N–H and O–H groups in total. The third kappa shape index (κ3) is 3.03. The predicted octanol–water partition coefficient (Wildman–Crippen LogP) is 1.49. The molecule has 2 amide bonds. The van der Waals surface area contributed by atoms with Crippen LogP contribution in [0.5, 0.6) is 0 Å². The van der Waals surface area contributed by atoms with Crippen LogP contribution in [-0.4, -0.2) is 25.8 Å². The monoisotopic (exact) mass is 257 g/mol. The van der Waals surface area contributed by atoms with Gasteiger partial charge in [0.2, 0.25) is 22.8 Å². The first-order valence-corrected chi connectivity index (χ1v) is 5.79. The van der Waals surface area contributed by atoms with Gasteiger partial charge in [0.15, 0.2) is 0 Å². The lowest BCUT2D eigenvalue weighted by molar-refractivity contribution is -0.140. The molecule has 1 rings (SSSR count). The van der Waals surface area contributed by atoms with Gasteiger partial charge in [0, 0.05) is 12.8 Å². The number of hydrogen-bond acceptors (Lipinski definition) is 3. The number of imide groups is 1. The van der Waals surface area contributed by atoms with Gasteiger partial charge in [-0.15, -0.1) is 0 Å². The second-order valence-corrected chi connectivity index (χ2v) is 4.66. The standard InChI is InChI=1S/C8H10F3NO3S/c9-8(10,11)16(15)12-6(13)4-2-1-3-5-7(12)14/h1-5H2. The highest BCUT2D eigenvalue weighted by Gasteiger charge is 2.45. The summed E-state index contributed by atoms with van der Waals surface area (Å²) in [5.41, 5.74) is -5.08. The first-order valence-electron chi connectivity index (χ1n) is 4.68. The third-order valence-electron chi connectivity index (χ3n) is 2.10. The smallest absolute Gasteiger partial charge is 0.273 e. The fourth-order valence-corrected chi connectivity index (χ4v) is 2.12. The minimum atomic E-state index is -5.08. The molecule has 1 heterocycles. The summed E-state index contributed by atoms with van der Waals surface area (Å²) in [5, 5.41) is 0. The maximum Gasteiger partial charge on any atom is 0.491 e. The molecule has 0 aromatic carbocycles. The molecule has 4 nitrogen and oxygen atoms in total. The maximum atomic E-state index is 12.2. The molecule has 0 aromatic rings. The zero-order valence-electron chi connectivity index (χ0n) is 8.25. The van der Waals surface area contributed by atoms with Gasteiger partial charge >= 0.3 is 5.51 Å². The number of carbonyl (C=O) groups is 2. The third-order valence-corrected chi connectivity index (χ3v) is 3.23. The summed E-state index contributed by atoms with van der Waals surface area (Å²) < 4.78 is 47.3. The number of rotatable bonds is 1. The molecular weight excluding hydrogens is 247 g/mol. The van der Waals surface area contributed by atoms with E-state index in [-0.39, 0.29) is 17.1 Å². The fraction of sp³-hybridized carbons (Fsp3) is 0.750. The van der Waals surface area contributed by atoms with Crippen LogP contribution in [0.25, 0.3) is 0 Å². The Balaban J connectivity index is 2.91. The summed E-state index contributed by atoms with van der Waals surface area (Å²) >= 11 is 0. The molecule has 1 unspecified atom stereocenters. The Kier molecular flexibility index (Phi) is 4.06. The number of nitrogens with zero attached hydrogens (tertiary/aromatic N) is 1. The Labute approximate surface area is 92.4 Å². The Morgan fingerprint density at radius 3 is 1.81 bits per heavy atom. The van der Waals surface area contributed by atoms with E-state index in [4.69, 9.17) is 0 Å². The molecule has 0 spiro atoms. The van der Waals surface area contributed by atoms with Gasteiger partial charge in [-0.25, -0.2) is 4.21 Å². The quantitative estimate of drug-likeness (QED) is 0.669. The van der Waals surface area contributed by atoms with Crippen molar-refractivity contribution in [1.82, 2.24) is 4.31 Å². The van der Waals surface area contributed by atoms with E-state index in [1.807, 2.05) is 0 Å². The zero-order valence-corrected chi connectivity index (χ0v) is 9.07. The van der Waals surface area contributed by atoms with Crippen molar-refractivity contribution < 1.29 is 27.0 Å². The Bertz CT molecular complexity index is 311. The van der Waals surface area contributed by atoms with Crippen molar-refractivity contribution in [3.8, 4) is 0 Å². The van der Waals surface area contributed by atoms with Crippen LogP contribution in [0.3, 0.4) is 0 Å². The number of hydrogen-bond donors (Lipinski definition) is 0. The highest BCUT2D eigenvalue weighted by Crippen LogP contribution is 2.25. The molecule has 0 aliphatic carbocycles. The molecule has 1 saturated heterocycles. The fourth-order valence-electron chi connectivity index (χ4n) is 1.36. The molecular formula is C8H10F3NO3S. The van der Waals surface area contributed by atoms with E-state index in [1.54, 1.807) is 0 Å². The van der Waals surface area contributed by atoms with Crippen molar-refractivity contribution in [3.63, 3.8) is 0 Å². The van der Waals surface area contributed by atoms with Crippen LogP contribution in [-0.2, 0) is 20.6 Å². The second-order valence-electron chi connectivity index (χ2n) is 3.34. The first-order chi connectivity index (χ1) is 7.34. The van der Waals surface area contributed by atoms with E-state index in [2.05, 4.69) is 0 Å². The van der Waals surface area contributed by atoms with Gasteiger partial charge in [-0.3, -0.25) is 9.59 Å². The molecule has 1 atom stereocenters. The van der Waals surface area contributed by atoms with Crippen LogP contribution in [0.15, 0.2) is 0 Å². The van der Waals surface area contributed by atoms with Crippen molar-refractivity contribution in [2.75, 3.05) is 0 Å². The topological polar surface area (TPSA) is 54.5 Å².